The summed E-state index contributed by atoms with van der Waals surface area (Å²) in [5.41, 5.74) is 5.97. The third-order valence-electron chi connectivity index (χ3n) is 2.43. The van der Waals surface area contributed by atoms with Gasteiger partial charge in [0.25, 0.3) is 0 Å². The average molecular weight is 187 g/mol. The number of hydrogen-bond acceptors (Lipinski definition) is 2. The number of hydrogen-bond donors (Lipinski definition) is 1. The second-order valence-corrected chi connectivity index (χ2v) is 4.93. The van der Waals surface area contributed by atoms with Gasteiger partial charge in [-0.1, -0.05) is 19.8 Å². The minimum absolute atomic E-state index is 0.497. The Balaban J connectivity index is 1.81. The molecule has 0 aromatic carbocycles. The van der Waals surface area contributed by atoms with E-state index < -0.39 is 0 Å². The van der Waals surface area contributed by atoms with Gasteiger partial charge >= 0.3 is 0 Å². The van der Waals surface area contributed by atoms with Gasteiger partial charge in [-0.2, -0.15) is 11.8 Å². The molecule has 1 aliphatic rings. The van der Waals surface area contributed by atoms with E-state index in [2.05, 4.69) is 6.92 Å². The van der Waals surface area contributed by atoms with Crippen LogP contribution in [0, 0.1) is 5.92 Å². The summed E-state index contributed by atoms with van der Waals surface area (Å²) in [4.78, 5) is 0. The van der Waals surface area contributed by atoms with Gasteiger partial charge in [-0.15, -0.1) is 0 Å². The van der Waals surface area contributed by atoms with Crippen LogP contribution in [0.15, 0.2) is 0 Å². The molecule has 0 aromatic heterocycles. The first-order valence-electron chi connectivity index (χ1n) is 5.18. The Morgan fingerprint density at radius 2 is 2.17 bits per heavy atom. The van der Waals surface area contributed by atoms with Gasteiger partial charge in [-0.25, -0.2) is 0 Å². The molecule has 12 heavy (non-hydrogen) atoms. The van der Waals surface area contributed by atoms with Gasteiger partial charge in [0.2, 0.25) is 0 Å². The summed E-state index contributed by atoms with van der Waals surface area (Å²) >= 11 is 2.04. The van der Waals surface area contributed by atoms with Crippen LogP contribution in [0.5, 0.6) is 0 Å². The van der Waals surface area contributed by atoms with Gasteiger partial charge < -0.3 is 5.73 Å². The standard InChI is InChI=1S/C10H21NS/c1-2-3-4-7-12-8-10(11)9-5-6-9/h9-10H,2-8,11H2,1H3. The van der Waals surface area contributed by atoms with Crippen molar-refractivity contribution in [3.05, 3.63) is 0 Å². The molecule has 1 fully saturated rings. The molecule has 1 unspecified atom stereocenters. The normalized spacial score (nSPS) is 19.5. The largest absolute Gasteiger partial charge is 0.327 e. The van der Waals surface area contributed by atoms with Crippen LogP contribution in [0.2, 0.25) is 0 Å². The molecule has 1 aliphatic carbocycles. The van der Waals surface area contributed by atoms with Crippen molar-refractivity contribution in [3.63, 3.8) is 0 Å². The van der Waals surface area contributed by atoms with Gasteiger partial charge in [0.05, 0.1) is 0 Å². The van der Waals surface area contributed by atoms with Crippen LogP contribution in [-0.4, -0.2) is 17.5 Å². The molecule has 72 valence electrons. The summed E-state index contributed by atoms with van der Waals surface area (Å²) in [5, 5.41) is 0. The van der Waals surface area contributed by atoms with Crippen molar-refractivity contribution < 1.29 is 0 Å². The Hall–Kier alpha value is 0.310. The fourth-order valence-corrected chi connectivity index (χ4v) is 2.45. The molecule has 0 saturated heterocycles. The highest BCUT2D eigenvalue weighted by molar-refractivity contribution is 7.99. The molecule has 0 heterocycles. The van der Waals surface area contributed by atoms with Crippen molar-refractivity contribution in [2.75, 3.05) is 11.5 Å². The lowest BCUT2D eigenvalue weighted by molar-refractivity contribution is 0.658. The first-order valence-corrected chi connectivity index (χ1v) is 6.33. The van der Waals surface area contributed by atoms with Crippen LogP contribution in [0.3, 0.4) is 0 Å². The molecule has 2 N–H and O–H groups in total. The fourth-order valence-electron chi connectivity index (χ4n) is 1.33. The highest BCUT2D eigenvalue weighted by atomic mass is 32.2. The van der Waals surface area contributed by atoms with Crippen LogP contribution < -0.4 is 5.73 Å². The third kappa shape index (κ3) is 4.36. The average Bonchev–Trinajstić information content (AvgIpc) is 2.86. The summed E-state index contributed by atoms with van der Waals surface area (Å²) in [6, 6.07) is 0.497. The molecule has 1 saturated carbocycles. The summed E-state index contributed by atoms with van der Waals surface area (Å²) < 4.78 is 0. The van der Waals surface area contributed by atoms with E-state index in [1.165, 1.54) is 43.6 Å². The first-order chi connectivity index (χ1) is 5.84. The molecular formula is C10H21NS. The van der Waals surface area contributed by atoms with Gasteiger partial charge in [-0.3, -0.25) is 0 Å². The van der Waals surface area contributed by atoms with Crippen LogP contribution >= 0.6 is 11.8 Å². The Labute approximate surface area is 80.5 Å². The zero-order chi connectivity index (χ0) is 8.81. The zero-order valence-corrected chi connectivity index (χ0v) is 8.91. The van der Waals surface area contributed by atoms with Crippen LogP contribution in [0.1, 0.15) is 39.0 Å². The minimum Gasteiger partial charge on any atom is -0.327 e. The number of nitrogens with two attached hydrogens (primary N) is 1. The van der Waals surface area contributed by atoms with E-state index in [1.807, 2.05) is 11.8 Å². The maximum Gasteiger partial charge on any atom is 0.0158 e. The van der Waals surface area contributed by atoms with Crippen molar-refractivity contribution in [3.8, 4) is 0 Å². The van der Waals surface area contributed by atoms with E-state index in [9.17, 15) is 0 Å². The molecule has 0 aliphatic heterocycles. The molecular weight excluding hydrogens is 166 g/mol. The summed E-state index contributed by atoms with van der Waals surface area (Å²) in [5.74, 6) is 3.38. The summed E-state index contributed by atoms with van der Waals surface area (Å²) in [7, 11) is 0. The number of thioether (sulfide) groups is 1. The van der Waals surface area contributed by atoms with Crippen molar-refractivity contribution in [2.45, 2.75) is 45.1 Å². The molecule has 0 radical (unpaired) electrons. The van der Waals surface area contributed by atoms with Gasteiger partial charge in [0, 0.05) is 11.8 Å². The topological polar surface area (TPSA) is 26.0 Å². The second-order valence-electron chi connectivity index (χ2n) is 3.78. The molecule has 0 aromatic rings. The van der Waals surface area contributed by atoms with Crippen LogP contribution in [-0.2, 0) is 0 Å². The van der Waals surface area contributed by atoms with E-state index in [4.69, 9.17) is 5.73 Å². The number of rotatable bonds is 7. The first kappa shape index (κ1) is 10.4. The molecule has 0 spiro atoms. The third-order valence-corrected chi connectivity index (χ3v) is 3.63. The highest BCUT2D eigenvalue weighted by Crippen LogP contribution is 2.32. The minimum atomic E-state index is 0.497. The van der Waals surface area contributed by atoms with E-state index >= 15 is 0 Å². The lowest BCUT2D eigenvalue weighted by atomic mass is 10.2. The maximum atomic E-state index is 5.97. The second kappa shape index (κ2) is 5.87. The van der Waals surface area contributed by atoms with E-state index in [0.29, 0.717) is 6.04 Å². The summed E-state index contributed by atoms with van der Waals surface area (Å²) in [6.45, 7) is 2.25. The maximum absolute atomic E-state index is 5.97. The smallest absolute Gasteiger partial charge is 0.0158 e. The molecule has 1 atom stereocenters. The lowest BCUT2D eigenvalue weighted by Gasteiger charge is -2.08. The Kier molecular flexibility index (Phi) is 5.08. The molecule has 1 rings (SSSR count). The van der Waals surface area contributed by atoms with Gasteiger partial charge in [0.15, 0.2) is 0 Å². The van der Waals surface area contributed by atoms with Crippen molar-refractivity contribution in [2.24, 2.45) is 11.7 Å². The monoisotopic (exact) mass is 187 g/mol. The lowest BCUT2D eigenvalue weighted by Crippen LogP contribution is -2.25. The SMILES string of the molecule is CCCCCSCC(N)C1CC1. The Bertz CT molecular complexity index is 112. The zero-order valence-electron chi connectivity index (χ0n) is 8.09. The Morgan fingerprint density at radius 3 is 2.75 bits per heavy atom. The molecule has 0 bridgehead atoms. The molecule has 1 nitrogen and oxygen atoms in total. The van der Waals surface area contributed by atoms with Gasteiger partial charge in [-0.05, 0) is 30.9 Å². The predicted octanol–water partition coefficient (Wildman–Crippen LogP) is 2.65. The van der Waals surface area contributed by atoms with Crippen LogP contribution in [0.4, 0.5) is 0 Å². The van der Waals surface area contributed by atoms with E-state index in [-0.39, 0.29) is 0 Å². The summed E-state index contributed by atoms with van der Waals surface area (Å²) in [6.07, 6.45) is 6.85. The number of unbranched alkanes of at least 4 members (excludes halogenated alkanes) is 2. The molecule has 0 amide bonds. The fraction of sp³-hybridized carbons (Fsp3) is 1.00. The Morgan fingerprint density at radius 1 is 1.42 bits per heavy atom. The highest BCUT2D eigenvalue weighted by Gasteiger charge is 2.27. The van der Waals surface area contributed by atoms with Crippen LogP contribution in [0.25, 0.3) is 0 Å². The predicted molar refractivity (Wildman–Crippen MR) is 57.5 cm³/mol. The van der Waals surface area contributed by atoms with Crippen molar-refractivity contribution >= 4 is 11.8 Å². The molecule has 2 heteroatoms. The van der Waals surface area contributed by atoms with E-state index in [1.54, 1.807) is 0 Å². The van der Waals surface area contributed by atoms with Crippen molar-refractivity contribution in [1.82, 2.24) is 0 Å². The van der Waals surface area contributed by atoms with Gasteiger partial charge in [0.1, 0.15) is 0 Å². The quantitative estimate of drug-likeness (QED) is 0.620. The van der Waals surface area contributed by atoms with E-state index in [0.717, 1.165) is 5.92 Å². The van der Waals surface area contributed by atoms with Crippen molar-refractivity contribution in [1.29, 1.82) is 0 Å².